The van der Waals surface area contributed by atoms with Crippen molar-refractivity contribution in [2.75, 3.05) is 0 Å². The number of fused-ring (bicyclic) bond motifs is 6. The molecule has 0 radical (unpaired) electrons. The van der Waals surface area contributed by atoms with Crippen molar-refractivity contribution in [1.29, 1.82) is 0 Å². The molecule has 7 aromatic rings. The molecule has 0 heteroatoms. The zero-order valence-electron chi connectivity index (χ0n) is 23.5. The van der Waals surface area contributed by atoms with Crippen LogP contribution in [0.4, 0.5) is 0 Å². The molecule has 0 heterocycles. The van der Waals surface area contributed by atoms with Gasteiger partial charge in [-0.2, -0.15) is 0 Å². The number of hydrogen-bond donors (Lipinski definition) is 0. The molecule has 40 heavy (non-hydrogen) atoms. The van der Waals surface area contributed by atoms with Crippen LogP contribution in [0.3, 0.4) is 0 Å². The van der Waals surface area contributed by atoms with Gasteiger partial charge < -0.3 is 0 Å². The first-order valence-corrected chi connectivity index (χ1v) is 14.4. The Hall–Kier alpha value is -4.42. The van der Waals surface area contributed by atoms with E-state index in [4.69, 9.17) is 0 Å². The monoisotopic (exact) mass is 514 g/mol. The summed E-state index contributed by atoms with van der Waals surface area (Å²) in [5, 5.41) is 10.7. The van der Waals surface area contributed by atoms with Gasteiger partial charge in [-0.3, -0.25) is 0 Å². The van der Waals surface area contributed by atoms with E-state index in [-0.39, 0.29) is 5.41 Å². The van der Waals surface area contributed by atoms with E-state index in [2.05, 4.69) is 148 Å². The quantitative estimate of drug-likeness (QED) is 0.205. The van der Waals surface area contributed by atoms with Gasteiger partial charge in [0.05, 0.1) is 0 Å². The van der Waals surface area contributed by atoms with Crippen molar-refractivity contribution in [1.82, 2.24) is 0 Å². The second kappa shape index (κ2) is 9.65. The standard InChI is InChI=1S/C40H34/c1-40(2,3)39-23-27(22-31-24-28-12-4-6-14-33(28)37-18-10-8-16-35(31)37)20-21-30(39)26-32-25-29-13-5-7-15-34(29)38-19-11-9-17-36(32)38/h4-21,23-25H,22,26H2,1-3H3. The molecule has 7 aromatic carbocycles. The molecule has 0 fully saturated rings. The minimum Gasteiger partial charge on any atom is -0.0616 e. The Balaban J connectivity index is 1.33. The average molecular weight is 515 g/mol. The Bertz CT molecular complexity index is 2030. The maximum Gasteiger partial charge on any atom is -0.00164 e. The maximum absolute atomic E-state index is 2.47. The Morgan fingerprint density at radius 3 is 1.38 bits per heavy atom. The van der Waals surface area contributed by atoms with Crippen LogP contribution in [0.25, 0.3) is 43.1 Å². The van der Waals surface area contributed by atoms with E-state index in [0.717, 1.165) is 12.8 Å². The number of hydrogen-bond acceptors (Lipinski definition) is 0. The van der Waals surface area contributed by atoms with E-state index >= 15 is 0 Å². The van der Waals surface area contributed by atoms with Crippen molar-refractivity contribution in [3.05, 3.63) is 155 Å². The molecular formula is C40H34. The molecule has 0 spiro atoms. The Labute approximate surface area is 236 Å². The normalized spacial score (nSPS) is 12.1. The second-order valence-electron chi connectivity index (χ2n) is 12.2. The molecule has 0 saturated heterocycles. The predicted molar refractivity (Wildman–Crippen MR) is 174 cm³/mol. The fourth-order valence-electron chi connectivity index (χ4n) is 6.57. The molecular weight excluding hydrogens is 480 g/mol. The molecule has 0 N–H and O–H groups in total. The first-order chi connectivity index (χ1) is 19.5. The molecule has 0 saturated carbocycles. The lowest BCUT2D eigenvalue weighted by molar-refractivity contribution is 0.583. The summed E-state index contributed by atoms with van der Waals surface area (Å²) < 4.78 is 0. The Kier molecular flexibility index (Phi) is 5.93. The molecule has 0 nitrogen and oxygen atoms in total. The highest BCUT2D eigenvalue weighted by Gasteiger charge is 2.20. The van der Waals surface area contributed by atoms with E-state index in [9.17, 15) is 0 Å². The largest absolute Gasteiger partial charge is 0.0616 e. The summed E-state index contributed by atoms with van der Waals surface area (Å²) >= 11 is 0. The molecule has 0 amide bonds. The van der Waals surface area contributed by atoms with Crippen LogP contribution in [0, 0.1) is 0 Å². The second-order valence-corrected chi connectivity index (χ2v) is 12.2. The van der Waals surface area contributed by atoms with Crippen molar-refractivity contribution in [2.24, 2.45) is 0 Å². The molecule has 0 aromatic heterocycles. The summed E-state index contributed by atoms with van der Waals surface area (Å²) in [4.78, 5) is 0. The fourth-order valence-corrected chi connectivity index (χ4v) is 6.57. The number of rotatable bonds is 4. The third-order valence-electron chi connectivity index (χ3n) is 8.47. The van der Waals surface area contributed by atoms with E-state index in [0.29, 0.717) is 0 Å². The van der Waals surface area contributed by atoms with E-state index in [1.807, 2.05) is 0 Å². The summed E-state index contributed by atoms with van der Waals surface area (Å²) in [7, 11) is 0. The molecule has 0 aliphatic heterocycles. The molecule has 0 aliphatic carbocycles. The Morgan fingerprint density at radius 2 is 0.850 bits per heavy atom. The topological polar surface area (TPSA) is 0 Å². The van der Waals surface area contributed by atoms with Crippen LogP contribution in [0.2, 0.25) is 0 Å². The van der Waals surface area contributed by atoms with Crippen molar-refractivity contribution in [2.45, 2.75) is 39.0 Å². The van der Waals surface area contributed by atoms with Gasteiger partial charge in [0, 0.05) is 0 Å². The van der Waals surface area contributed by atoms with Crippen LogP contribution >= 0.6 is 0 Å². The average Bonchev–Trinajstić information content (AvgIpc) is 2.97. The summed E-state index contributed by atoms with van der Waals surface area (Å²) in [6.45, 7) is 7.04. The highest BCUT2D eigenvalue weighted by atomic mass is 14.2. The summed E-state index contributed by atoms with van der Waals surface area (Å²) in [5.74, 6) is 0. The summed E-state index contributed by atoms with van der Waals surface area (Å²) in [6, 6.07) is 47.3. The number of benzene rings is 7. The van der Waals surface area contributed by atoms with Crippen molar-refractivity contribution >= 4 is 43.1 Å². The van der Waals surface area contributed by atoms with Crippen LogP contribution < -0.4 is 0 Å². The zero-order chi connectivity index (χ0) is 27.3. The Morgan fingerprint density at radius 1 is 0.400 bits per heavy atom. The summed E-state index contributed by atoms with van der Waals surface area (Å²) in [6.07, 6.45) is 1.85. The lowest BCUT2D eigenvalue weighted by Crippen LogP contribution is -2.15. The SMILES string of the molecule is CC(C)(C)c1cc(Cc2cc3ccccc3c3ccccc23)ccc1Cc1cc2ccccc2c2ccccc12. The van der Waals surface area contributed by atoms with Crippen LogP contribution in [0.1, 0.15) is 48.6 Å². The smallest absolute Gasteiger partial charge is 0.00164 e. The highest BCUT2D eigenvalue weighted by molar-refractivity contribution is 6.10. The molecule has 0 aliphatic rings. The maximum atomic E-state index is 2.47. The molecule has 0 bridgehead atoms. The molecule has 194 valence electrons. The summed E-state index contributed by atoms with van der Waals surface area (Å²) in [5.41, 5.74) is 7.06. The van der Waals surface area contributed by atoms with Gasteiger partial charge in [-0.25, -0.2) is 0 Å². The fraction of sp³-hybridized carbons (Fsp3) is 0.150. The first-order valence-electron chi connectivity index (χ1n) is 14.4. The molecule has 0 unspecified atom stereocenters. The van der Waals surface area contributed by atoms with Gasteiger partial charge in [0.2, 0.25) is 0 Å². The van der Waals surface area contributed by atoms with Gasteiger partial charge in [0.15, 0.2) is 0 Å². The van der Waals surface area contributed by atoms with Crippen LogP contribution in [-0.2, 0) is 18.3 Å². The van der Waals surface area contributed by atoms with Crippen LogP contribution in [0.15, 0.2) is 127 Å². The first kappa shape index (κ1) is 24.6. The lowest BCUT2D eigenvalue weighted by Gasteiger charge is -2.25. The van der Waals surface area contributed by atoms with Gasteiger partial charge in [0.1, 0.15) is 0 Å². The minimum atomic E-state index is 0.0451. The van der Waals surface area contributed by atoms with Crippen molar-refractivity contribution in [3.63, 3.8) is 0 Å². The highest BCUT2D eigenvalue weighted by Crippen LogP contribution is 2.35. The minimum absolute atomic E-state index is 0.0451. The zero-order valence-corrected chi connectivity index (χ0v) is 23.5. The van der Waals surface area contributed by atoms with Gasteiger partial charge >= 0.3 is 0 Å². The van der Waals surface area contributed by atoms with Gasteiger partial charge in [0.25, 0.3) is 0 Å². The molecule has 0 atom stereocenters. The van der Waals surface area contributed by atoms with E-state index < -0.39 is 0 Å². The van der Waals surface area contributed by atoms with E-state index in [1.165, 1.54) is 70.9 Å². The molecule has 7 rings (SSSR count). The lowest BCUT2D eigenvalue weighted by atomic mass is 9.80. The third-order valence-corrected chi connectivity index (χ3v) is 8.47. The van der Waals surface area contributed by atoms with Crippen molar-refractivity contribution < 1.29 is 0 Å². The van der Waals surface area contributed by atoms with Gasteiger partial charge in [-0.15, -0.1) is 0 Å². The third kappa shape index (κ3) is 4.34. The predicted octanol–water partition coefficient (Wildman–Crippen LogP) is 10.8. The van der Waals surface area contributed by atoms with Gasteiger partial charge in [-0.05, 0) is 89.2 Å². The van der Waals surface area contributed by atoms with Crippen LogP contribution in [-0.4, -0.2) is 0 Å². The van der Waals surface area contributed by atoms with Gasteiger partial charge in [-0.1, -0.05) is 148 Å². The van der Waals surface area contributed by atoms with E-state index in [1.54, 1.807) is 0 Å². The van der Waals surface area contributed by atoms with Crippen LogP contribution in [0.5, 0.6) is 0 Å². The van der Waals surface area contributed by atoms with Crippen molar-refractivity contribution in [3.8, 4) is 0 Å².